The maximum atomic E-state index is 15.7. The summed E-state index contributed by atoms with van der Waals surface area (Å²) in [7, 11) is 0. The number of likely N-dealkylation sites (tertiary alicyclic amines) is 1. The zero-order chi connectivity index (χ0) is 28.0. The number of aliphatic hydroxyl groups excluding tert-OH is 1. The van der Waals surface area contributed by atoms with Gasteiger partial charge in [-0.25, -0.2) is 14.4 Å². The van der Waals surface area contributed by atoms with Crippen LogP contribution in [0.1, 0.15) is 60.7 Å². The van der Waals surface area contributed by atoms with Gasteiger partial charge >= 0.3 is 0 Å². The molecule has 1 aliphatic rings. The first-order valence-electron chi connectivity index (χ1n) is 12.8. The highest BCUT2D eigenvalue weighted by Crippen LogP contribution is 2.44. The summed E-state index contributed by atoms with van der Waals surface area (Å²) in [6, 6.07) is 4.74. The number of pyridine rings is 1. The molecule has 3 aromatic heterocycles. The van der Waals surface area contributed by atoms with E-state index in [1.807, 2.05) is 32.1 Å². The Balaban J connectivity index is 1.61. The van der Waals surface area contributed by atoms with Crippen LogP contribution in [0.2, 0.25) is 5.02 Å². The summed E-state index contributed by atoms with van der Waals surface area (Å²) in [6.45, 7) is 8.24. The van der Waals surface area contributed by atoms with Crippen LogP contribution < -0.4 is 10.5 Å². The maximum absolute atomic E-state index is 15.7. The van der Waals surface area contributed by atoms with Crippen molar-refractivity contribution in [3.8, 4) is 16.9 Å². The molecule has 0 unspecified atom stereocenters. The number of carbonyl (C=O) groups is 1. The van der Waals surface area contributed by atoms with Gasteiger partial charge in [0.25, 0.3) is 5.91 Å². The number of β-amino-alcohol motifs (C(OH)–C–C–N with tert-alkyl or cyclic N) is 1. The molecule has 1 aliphatic heterocycles. The molecule has 3 N–H and O–H groups in total. The van der Waals surface area contributed by atoms with Crippen LogP contribution in [0.25, 0.3) is 16.6 Å². The molecule has 1 aromatic carbocycles. The third-order valence-corrected chi connectivity index (χ3v) is 7.19. The van der Waals surface area contributed by atoms with Crippen LogP contribution in [0.5, 0.6) is 5.75 Å². The highest BCUT2D eigenvalue weighted by molar-refractivity contribution is 6.31. The molecule has 204 valence electrons. The number of benzene rings is 1. The highest BCUT2D eigenvalue weighted by Gasteiger charge is 2.29. The standard InChI is InChI=1S/C28H30ClFN6O3/c1-14(2)39-25-19(15(3)27-34-16(4)24-26(31)32-8-10-36(24)27)11-20(29)23(30)22(25)17-5-6-21(33-12-17)28(38)35-9-7-18(37)13-35/h5-6,8,10-12,14-15,18,37H,7,9,13H2,1-4H3,(H2,31,32)/t15-,18+/m0/s1. The molecule has 4 aromatic rings. The number of hydrogen-bond donors (Lipinski definition) is 2. The lowest BCUT2D eigenvalue weighted by atomic mass is 9.93. The van der Waals surface area contributed by atoms with Crippen LogP contribution in [0.3, 0.4) is 0 Å². The average Bonchev–Trinajstić information content (AvgIpc) is 3.49. The molecule has 0 bridgehead atoms. The first kappa shape index (κ1) is 26.8. The minimum atomic E-state index is -0.649. The molecule has 1 fully saturated rings. The molecule has 2 atom stereocenters. The molecule has 0 saturated carbocycles. The number of ether oxygens (including phenoxy) is 1. The van der Waals surface area contributed by atoms with Gasteiger partial charge in [0.05, 0.1) is 28.5 Å². The monoisotopic (exact) mass is 552 g/mol. The fourth-order valence-corrected chi connectivity index (χ4v) is 5.25. The number of nitrogens with zero attached hydrogens (tertiary/aromatic N) is 5. The van der Waals surface area contributed by atoms with Crippen molar-refractivity contribution in [1.29, 1.82) is 0 Å². The summed E-state index contributed by atoms with van der Waals surface area (Å²) < 4.78 is 23.8. The van der Waals surface area contributed by atoms with E-state index >= 15 is 4.39 Å². The van der Waals surface area contributed by atoms with E-state index in [4.69, 9.17) is 27.1 Å². The third-order valence-electron chi connectivity index (χ3n) is 6.91. The number of hydrogen-bond acceptors (Lipinski definition) is 7. The van der Waals surface area contributed by atoms with Gasteiger partial charge in [-0.15, -0.1) is 0 Å². The number of aryl methyl sites for hydroxylation is 1. The van der Waals surface area contributed by atoms with Crippen LogP contribution in [-0.2, 0) is 0 Å². The molecule has 39 heavy (non-hydrogen) atoms. The van der Waals surface area contributed by atoms with Crippen molar-refractivity contribution in [2.24, 2.45) is 0 Å². The topological polar surface area (TPSA) is 119 Å². The molecule has 11 heteroatoms. The molecule has 1 saturated heterocycles. The van der Waals surface area contributed by atoms with Gasteiger partial charge in [0.1, 0.15) is 28.6 Å². The van der Waals surface area contributed by atoms with E-state index < -0.39 is 11.9 Å². The van der Waals surface area contributed by atoms with E-state index in [0.717, 1.165) is 5.69 Å². The molecule has 1 amide bonds. The number of aromatic nitrogens is 4. The Bertz CT molecular complexity index is 1560. The number of amides is 1. The van der Waals surface area contributed by atoms with Gasteiger partial charge in [-0.1, -0.05) is 24.6 Å². The van der Waals surface area contributed by atoms with Gasteiger partial charge < -0.3 is 20.5 Å². The third kappa shape index (κ3) is 4.90. The number of carbonyl (C=O) groups excluding carboxylic acids is 1. The quantitative estimate of drug-likeness (QED) is 0.358. The van der Waals surface area contributed by atoms with Gasteiger partial charge in [-0.2, -0.15) is 0 Å². The fourth-order valence-electron chi connectivity index (χ4n) is 5.04. The molecule has 9 nitrogen and oxygen atoms in total. The number of aliphatic hydroxyl groups is 1. The van der Waals surface area contributed by atoms with Crippen LogP contribution in [-0.4, -0.2) is 60.6 Å². The van der Waals surface area contributed by atoms with Crippen molar-refractivity contribution >= 4 is 28.8 Å². The largest absolute Gasteiger partial charge is 0.490 e. The van der Waals surface area contributed by atoms with Gasteiger partial charge in [-0.05, 0) is 39.3 Å². The van der Waals surface area contributed by atoms with Crippen molar-refractivity contribution in [3.05, 3.63) is 70.4 Å². The second-order valence-electron chi connectivity index (χ2n) is 10.1. The van der Waals surface area contributed by atoms with Crippen LogP contribution >= 0.6 is 11.6 Å². The molecular weight excluding hydrogens is 523 g/mol. The van der Waals surface area contributed by atoms with E-state index in [1.54, 1.807) is 35.5 Å². The SMILES string of the molecule is Cc1nc([C@@H](C)c2cc(Cl)c(F)c(-c3ccc(C(=O)N4CC[C@@H](O)C4)nc3)c2OC(C)C)n2ccnc(N)c12. The molecule has 5 rings (SSSR count). The van der Waals surface area contributed by atoms with E-state index in [2.05, 4.69) is 9.97 Å². The summed E-state index contributed by atoms with van der Waals surface area (Å²) in [6.07, 6.45) is 4.55. The number of imidazole rings is 1. The molecule has 0 radical (unpaired) electrons. The minimum absolute atomic E-state index is 0.0760. The van der Waals surface area contributed by atoms with Gasteiger partial charge in [0.15, 0.2) is 5.82 Å². The minimum Gasteiger partial charge on any atom is -0.490 e. The Morgan fingerprint density at radius 2 is 2.05 bits per heavy atom. The lowest BCUT2D eigenvalue weighted by Gasteiger charge is -2.23. The van der Waals surface area contributed by atoms with Crippen molar-refractivity contribution in [1.82, 2.24) is 24.3 Å². The van der Waals surface area contributed by atoms with E-state index in [1.165, 1.54) is 6.20 Å². The second kappa shape index (κ2) is 10.4. The Morgan fingerprint density at radius 3 is 2.69 bits per heavy atom. The van der Waals surface area contributed by atoms with Gasteiger partial charge in [-0.3, -0.25) is 14.2 Å². The summed E-state index contributed by atoms with van der Waals surface area (Å²) in [4.78, 5) is 27.6. The van der Waals surface area contributed by atoms with E-state index in [9.17, 15) is 9.90 Å². The first-order valence-corrected chi connectivity index (χ1v) is 13.2. The molecular formula is C28H30ClFN6O3. The highest BCUT2D eigenvalue weighted by atomic mass is 35.5. The average molecular weight is 553 g/mol. The van der Waals surface area contributed by atoms with Crippen molar-refractivity contribution < 1.29 is 19.0 Å². The van der Waals surface area contributed by atoms with Crippen LogP contribution in [0.4, 0.5) is 10.2 Å². The second-order valence-corrected chi connectivity index (χ2v) is 10.5. The molecule has 0 aliphatic carbocycles. The van der Waals surface area contributed by atoms with Crippen LogP contribution in [0, 0.1) is 12.7 Å². The maximum Gasteiger partial charge on any atom is 0.272 e. The number of fused-ring (bicyclic) bond motifs is 1. The van der Waals surface area contributed by atoms with Gasteiger partial charge in [0, 0.05) is 48.7 Å². The Hall–Kier alpha value is -3.76. The Labute approximate surface area is 230 Å². The zero-order valence-corrected chi connectivity index (χ0v) is 22.9. The predicted molar refractivity (Wildman–Crippen MR) is 147 cm³/mol. The predicted octanol–water partition coefficient (Wildman–Crippen LogP) is 4.62. The Morgan fingerprint density at radius 1 is 1.28 bits per heavy atom. The normalized spacial score (nSPS) is 16.3. The Kier molecular flexibility index (Phi) is 7.17. The van der Waals surface area contributed by atoms with Crippen molar-refractivity contribution in [2.45, 2.75) is 52.2 Å². The number of anilines is 1. The number of nitrogen functional groups attached to an aromatic ring is 1. The smallest absolute Gasteiger partial charge is 0.272 e. The summed E-state index contributed by atoms with van der Waals surface area (Å²) >= 11 is 6.45. The number of nitrogens with two attached hydrogens (primary N) is 1. The van der Waals surface area contributed by atoms with Crippen molar-refractivity contribution in [2.75, 3.05) is 18.8 Å². The number of rotatable bonds is 6. The van der Waals surface area contributed by atoms with E-state index in [0.29, 0.717) is 47.0 Å². The lowest BCUT2D eigenvalue weighted by Crippen LogP contribution is -2.30. The van der Waals surface area contributed by atoms with Crippen LogP contribution in [0.15, 0.2) is 36.8 Å². The van der Waals surface area contributed by atoms with E-state index in [-0.39, 0.29) is 40.8 Å². The summed E-state index contributed by atoms with van der Waals surface area (Å²) in [5.74, 6) is 0.0537. The first-order chi connectivity index (χ1) is 18.6. The fraction of sp³-hybridized carbons (Fsp3) is 0.357. The molecule has 4 heterocycles. The molecule has 0 spiro atoms. The van der Waals surface area contributed by atoms with Gasteiger partial charge in [0.2, 0.25) is 0 Å². The van der Waals surface area contributed by atoms with Crippen molar-refractivity contribution in [3.63, 3.8) is 0 Å². The number of halogens is 2. The summed E-state index contributed by atoms with van der Waals surface area (Å²) in [5.41, 5.74) is 8.95. The lowest BCUT2D eigenvalue weighted by molar-refractivity contribution is 0.0759. The zero-order valence-electron chi connectivity index (χ0n) is 22.2. The summed E-state index contributed by atoms with van der Waals surface area (Å²) in [5, 5.41) is 9.70.